The molecule has 0 saturated heterocycles. The van der Waals surface area contributed by atoms with Crippen molar-refractivity contribution in [3.05, 3.63) is 29.8 Å². The topological polar surface area (TPSA) is 46.3 Å². The molecule has 3 nitrogen and oxygen atoms in total. The van der Waals surface area contributed by atoms with Gasteiger partial charge in [-0.3, -0.25) is 4.79 Å². The zero-order chi connectivity index (χ0) is 14.4. The molecule has 0 aliphatic rings. The standard InChI is InChI=1S/C15H24N2OS/c1-11(2)9-14(16)15(18)17(3)10-12-5-7-13(19-4)8-6-12/h5-8,11,14H,9-10,16H2,1-4H3/t14-/m0/s1. The largest absolute Gasteiger partial charge is 0.340 e. The van der Waals surface area contributed by atoms with Gasteiger partial charge in [0.2, 0.25) is 5.91 Å². The molecule has 0 aliphatic heterocycles. The molecule has 1 aromatic rings. The summed E-state index contributed by atoms with van der Waals surface area (Å²) in [4.78, 5) is 15.0. The number of carbonyl (C=O) groups is 1. The lowest BCUT2D eigenvalue weighted by molar-refractivity contribution is -0.132. The summed E-state index contributed by atoms with van der Waals surface area (Å²) in [5, 5.41) is 0. The summed E-state index contributed by atoms with van der Waals surface area (Å²) in [6.07, 6.45) is 2.78. The van der Waals surface area contributed by atoms with Crippen molar-refractivity contribution in [2.75, 3.05) is 13.3 Å². The summed E-state index contributed by atoms with van der Waals surface area (Å²) in [5.74, 6) is 0.454. The van der Waals surface area contributed by atoms with Crippen LogP contribution in [-0.4, -0.2) is 30.2 Å². The van der Waals surface area contributed by atoms with E-state index in [9.17, 15) is 4.79 Å². The Kier molecular flexibility index (Phi) is 6.38. The van der Waals surface area contributed by atoms with E-state index in [1.807, 2.05) is 7.05 Å². The number of carbonyl (C=O) groups excluding carboxylic acids is 1. The van der Waals surface area contributed by atoms with E-state index in [1.165, 1.54) is 4.90 Å². The minimum absolute atomic E-state index is 0.0163. The fourth-order valence-corrected chi connectivity index (χ4v) is 2.38. The van der Waals surface area contributed by atoms with Gasteiger partial charge in [0.25, 0.3) is 0 Å². The maximum atomic E-state index is 12.1. The Balaban J connectivity index is 2.57. The Morgan fingerprint density at radius 3 is 2.37 bits per heavy atom. The highest BCUT2D eigenvalue weighted by molar-refractivity contribution is 7.98. The first-order valence-electron chi connectivity index (χ1n) is 6.57. The fourth-order valence-electron chi connectivity index (χ4n) is 1.97. The monoisotopic (exact) mass is 280 g/mol. The van der Waals surface area contributed by atoms with E-state index in [1.54, 1.807) is 16.7 Å². The Hall–Kier alpha value is -1.00. The Bertz CT molecular complexity index is 403. The highest BCUT2D eigenvalue weighted by Gasteiger charge is 2.18. The van der Waals surface area contributed by atoms with Crippen LogP contribution in [0.1, 0.15) is 25.8 Å². The van der Waals surface area contributed by atoms with Gasteiger partial charge in [0.05, 0.1) is 6.04 Å². The molecule has 0 spiro atoms. The maximum absolute atomic E-state index is 12.1. The number of rotatable bonds is 6. The number of benzene rings is 1. The quantitative estimate of drug-likeness (QED) is 0.815. The number of nitrogens with two attached hydrogens (primary N) is 1. The van der Waals surface area contributed by atoms with Gasteiger partial charge in [-0.2, -0.15) is 0 Å². The number of amides is 1. The first kappa shape index (κ1) is 16.1. The predicted molar refractivity (Wildman–Crippen MR) is 82.1 cm³/mol. The lowest BCUT2D eigenvalue weighted by Gasteiger charge is -2.22. The van der Waals surface area contributed by atoms with Crippen molar-refractivity contribution in [1.29, 1.82) is 0 Å². The molecule has 106 valence electrons. The Morgan fingerprint density at radius 2 is 1.89 bits per heavy atom. The Labute approximate surface area is 120 Å². The predicted octanol–water partition coefficient (Wildman–Crippen LogP) is 2.74. The van der Waals surface area contributed by atoms with E-state index in [0.717, 1.165) is 12.0 Å². The molecule has 2 N–H and O–H groups in total. The van der Waals surface area contributed by atoms with Gasteiger partial charge in [-0.25, -0.2) is 0 Å². The molecule has 0 radical (unpaired) electrons. The molecule has 0 saturated carbocycles. The lowest BCUT2D eigenvalue weighted by atomic mass is 10.0. The van der Waals surface area contributed by atoms with Gasteiger partial charge in [-0.05, 0) is 36.3 Å². The number of likely N-dealkylation sites (N-methyl/N-ethyl adjacent to an activating group) is 1. The van der Waals surface area contributed by atoms with Gasteiger partial charge in [-0.15, -0.1) is 11.8 Å². The molecule has 0 heterocycles. The number of hydrogen-bond acceptors (Lipinski definition) is 3. The van der Waals surface area contributed by atoms with Crippen molar-refractivity contribution >= 4 is 17.7 Å². The third-order valence-corrected chi connectivity index (χ3v) is 3.74. The van der Waals surface area contributed by atoms with E-state index >= 15 is 0 Å². The third kappa shape index (κ3) is 5.25. The van der Waals surface area contributed by atoms with E-state index in [-0.39, 0.29) is 5.91 Å². The molecule has 1 aromatic carbocycles. The van der Waals surface area contributed by atoms with E-state index in [4.69, 9.17) is 5.73 Å². The lowest BCUT2D eigenvalue weighted by Crippen LogP contribution is -2.42. The van der Waals surface area contributed by atoms with Crippen molar-refractivity contribution in [3.8, 4) is 0 Å². The summed E-state index contributed by atoms with van der Waals surface area (Å²) >= 11 is 1.71. The Morgan fingerprint density at radius 1 is 1.32 bits per heavy atom. The van der Waals surface area contributed by atoms with E-state index in [2.05, 4.69) is 44.4 Å². The smallest absolute Gasteiger partial charge is 0.239 e. The number of hydrogen-bond donors (Lipinski definition) is 1. The van der Waals surface area contributed by atoms with E-state index < -0.39 is 6.04 Å². The van der Waals surface area contributed by atoms with Crippen LogP contribution in [-0.2, 0) is 11.3 Å². The van der Waals surface area contributed by atoms with Gasteiger partial charge in [-0.1, -0.05) is 26.0 Å². The third-order valence-electron chi connectivity index (χ3n) is 3.00. The van der Waals surface area contributed by atoms with Crippen LogP contribution in [0.4, 0.5) is 0 Å². The van der Waals surface area contributed by atoms with Crippen LogP contribution in [0.5, 0.6) is 0 Å². The fraction of sp³-hybridized carbons (Fsp3) is 0.533. The number of thioether (sulfide) groups is 1. The highest BCUT2D eigenvalue weighted by Crippen LogP contribution is 2.16. The zero-order valence-corrected chi connectivity index (χ0v) is 13.0. The van der Waals surface area contributed by atoms with Gasteiger partial charge >= 0.3 is 0 Å². The highest BCUT2D eigenvalue weighted by atomic mass is 32.2. The second-order valence-corrected chi connectivity index (χ2v) is 6.16. The summed E-state index contributed by atoms with van der Waals surface area (Å²) in [6.45, 7) is 4.77. The summed E-state index contributed by atoms with van der Waals surface area (Å²) < 4.78 is 0. The molecular weight excluding hydrogens is 256 g/mol. The molecule has 0 aliphatic carbocycles. The van der Waals surface area contributed by atoms with Gasteiger partial charge in [0.15, 0.2) is 0 Å². The van der Waals surface area contributed by atoms with Crippen LogP contribution in [0.25, 0.3) is 0 Å². The molecule has 0 bridgehead atoms. The van der Waals surface area contributed by atoms with Crippen LogP contribution in [0.2, 0.25) is 0 Å². The molecule has 1 atom stereocenters. The number of nitrogens with zero attached hydrogens (tertiary/aromatic N) is 1. The average Bonchev–Trinajstić information content (AvgIpc) is 2.37. The molecular formula is C15H24N2OS. The van der Waals surface area contributed by atoms with Crippen molar-refractivity contribution in [2.45, 2.75) is 37.8 Å². The molecule has 0 aromatic heterocycles. The van der Waals surface area contributed by atoms with Crippen LogP contribution in [0.15, 0.2) is 29.2 Å². The minimum Gasteiger partial charge on any atom is -0.340 e. The molecule has 19 heavy (non-hydrogen) atoms. The van der Waals surface area contributed by atoms with Gasteiger partial charge in [0, 0.05) is 18.5 Å². The van der Waals surface area contributed by atoms with Crippen molar-refractivity contribution in [3.63, 3.8) is 0 Å². The first-order valence-corrected chi connectivity index (χ1v) is 7.80. The van der Waals surface area contributed by atoms with Crippen molar-refractivity contribution in [2.24, 2.45) is 11.7 Å². The molecule has 0 fully saturated rings. The normalized spacial score (nSPS) is 12.5. The molecule has 0 unspecified atom stereocenters. The molecule has 1 amide bonds. The first-order chi connectivity index (χ1) is 8.93. The van der Waals surface area contributed by atoms with Crippen molar-refractivity contribution < 1.29 is 4.79 Å². The minimum atomic E-state index is -0.393. The average molecular weight is 280 g/mol. The van der Waals surface area contributed by atoms with Gasteiger partial charge < -0.3 is 10.6 Å². The molecule has 1 rings (SSSR count). The summed E-state index contributed by atoms with van der Waals surface area (Å²) in [5.41, 5.74) is 7.05. The van der Waals surface area contributed by atoms with Gasteiger partial charge in [0.1, 0.15) is 0 Å². The molecule has 4 heteroatoms. The SMILES string of the molecule is CSc1ccc(CN(C)C(=O)[C@@H](N)CC(C)C)cc1. The van der Waals surface area contributed by atoms with Crippen LogP contribution >= 0.6 is 11.8 Å². The van der Waals surface area contributed by atoms with Crippen LogP contribution in [0, 0.1) is 5.92 Å². The zero-order valence-electron chi connectivity index (χ0n) is 12.2. The second-order valence-electron chi connectivity index (χ2n) is 5.28. The summed E-state index contributed by atoms with van der Waals surface area (Å²) in [6, 6.07) is 7.88. The maximum Gasteiger partial charge on any atom is 0.239 e. The summed E-state index contributed by atoms with van der Waals surface area (Å²) in [7, 11) is 1.81. The second kappa shape index (κ2) is 7.56. The van der Waals surface area contributed by atoms with Crippen LogP contribution < -0.4 is 5.73 Å². The van der Waals surface area contributed by atoms with E-state index in [0.29, 0.717) is 12.5 Å². The van der Waals surface area contributed by atoms with Crippen molar-refractivity contribution in [1.82, 2.24) is 4.90 Å². The van der Waals surface area contributed by atoms with Crippen LogP contribution in [0.3, 0.4) is 0 Å².